The Kier molecular flexibility index (Phi) is 55.5. The van der Waals surface area contributed by atoms with Crippen molar-refractivity contribution in [2.24, 2.45) is 0 Å². The molecule has 486 valence electrons. The molecule has 1 fully saturated rings. The van der Waals surface area contributed by atoms with Crippen molar-refractivity contribution in [3.63, 3.8) is 0 Å². The summed E-state index contributed by atoms with van der Waals surface area (Å²) in [4.78, 5) is 51.4. The third-order valence-electron chi connectivity index (χ3n) is 15.2. The highest BCUT2D eigenvalue weighted by Crippen LogP contribution is 2.27. The van der Waals surface area contributed by atoms with Gasteiger partial charge in [-0.25, -0.2) is 4.79 Å². The summed E-state index contributed by atoms with van der Waals surface area (Å²) in [5.41, 5.74) is 0. The number of allylic oxidation sites excluding steroid dienone is 16. The van der Waals surface area contributed by atoms with E-state index in [1.165, 1.54) is 96.3 Å². The minimum atomic E-state index is -1.92. The van der Waals surface area contributed by atoms with Crippen molar-refractivity contribution >= 4 is 23.9 Å². The number of aliphatic hydroxyl groups is 2. The van der Waals surface area contributed by atoms with Gasteiger partial charge in [0, 0.05) is 19.3 Å². The van der Waals surface area contributed by atoms with Crippen LogP contribution in [0.3, 0.4) is 0 Å². The summed E-state index contributed by atoms with van der Waals surface area (Å²) in [6.45, 7) is 5.79. The van der Waals surface area contributed by atoms with Crippen LogP contribution in [0.5, 0.6) is 0 Å². The number of carboxylic acids is 1. The number of carboxylic acid groups (broad SMARTS) is 1. The number of ether oxygens (including phenoxy) is 5. The van der Waals surface area contributed by atoms with Gasteiger partial charge in [0.1, 0.15) is 18.8 Å². The van der Waals surface area contributed by atoms with E-state index < -0.39 is 67.3 Å². The smallest absolute Gasteiger partial charge is 0.335 e. The van der Waals surface area contributed by atoms with Crippen molar-refractivity contribution in [3.05, 3.63) is 97.2 Å². The predicted octanol–water partition coefficient (Wildman–Crippen LogP) is 18.8. The first-order valence-corrected chi connectivity index (χ1v) is 34.2. The molecule has 0 radical (unpaired) electrons. The number of carbonyl (C=O) groups is 4. The maximum atomic E-state index is 13.2. The Hall–Kier alpha value is -4.36. The lowest BCUT2D eigenvalue weighted by Crippen LogP contribution is -2.61. The second-order valence-electron chi connectivity index (χ2n) is 23.1. The predicted molar refractivity (Wildman–Crippen MR) is 349 cm³/mol. The molecule has 6 atom stereocenters. The van der Waals surface area contributed by atoms with Crippen LogP contribution in [0.2, 0.25) is 0 Å². The lowest BCUT2D eigenvalue weighted by atomic mass is 9.98. The Labute approximate surface area is 517 Å². The van der Waals surface area contributed by atoms with E-state index in [0.29, 0.717) is 19.3 Å². The van der Waals surface area contributed by atoms with Crippen molar-refractivity contribution in [2.45, 2.75) is 327 Å². The molecule has 0 aromatic rings. The third-order valence-corrected chi connectivity index (χ3v) is 15.2. The molecule has 0 bridgehead atoms. The maximum absolute atomic E-state index is 13.2. The van der Waals surface area contributed by atoms with E-state index in [9.17, 15) is 34.5 Å². The zero-order chi connectivity index (χ0) is 61.7. The molecule has 0 saturated carbocycles. The van der Waals surface area contributed by atoms with Crippen molar-refractivity contribution in [1.29, 1.82) is 0 Å². The topological polar surface area (TPSA) is 175 Å². The zero-order valence-corrected chi connectivity index (χ0v) is 53.8. The third kappa shape index (κ3) is 49.3. The van der Waals surface area contributed by atoms with E-state index in [-0.39, 0.29) is 25.9 Å². The fraction of sp³-hybridized carbons (Fsp3) is 0.726. The van der Waals surface area contributed by atoms with E-state index >= 15 is 0 Å². The average Bonchev–Trinajstić information content (AvgIpc) is 2.79. The molecular formula is C73H122O12. The van der Waals surface area contributed by atoms with E-state index in [1.54, 1.807) is 0 Å². The van der Waals surface area contributed by atoms with Crippen LogP contribution in [0.1, 0.15) is 290 Å². The van der Waals surface area contributed by atoms with Gasteiger partial charge in [0.25, 0.3) is 0 Å². The fourth-order valence-electron chi connectivity index (χ4n) is 10.00. The molecule has 3 N–H and O–H groups in total. The first kappa shape index (κ1) is 78.7. The van der Waals surface area contributed by atoms with Crippen LogP contribution < -0.4 is 0 Å². The number of hydrogen-bond donors (Lipinski definition) is 3. The molecule has 1 saturated heterocycles. The summed E-state index contributed by atoms with van der Waals surface area (Å²) in [5, 5.41) is 31.6. The number of aliphatic hydroxyl groups excluding tert-OH is 2. The van der Waals surface area contributed by atoms with Gasteiger partial charge in [-0.2, -0.15) is 0 Å². The summed E-state index contributed by atoms with van der Waals surface area (Å²) < 4.78 is 28.6. The highest BCUT2D eigenvalue weighted by atomic mass is 16.7. The molecule has 1 rings (SSSR count). The molecule has 85 heavy (non-hydrogen) atoms. The van der Waals surface area contributed by atoms with E-state index in [1.807, 2.05) is 0 Å². The molecular weight excluding hydrogens is 1070 g/mol. The van der Waals surface area contributed by atoms with Crippen LogP contribution in [-0.2, 0) is 42.9 Å². The van der Waals surface area contributed by atoms with Gasteiger partial charge in [0.2, 0.25) is 0 Å². The summed E-state index contributed by atoms with van der Waals surface area (Å²) in [6.07, 6.45) is 67.9. The molecule has 6 unspecified atom stereocenters. The van der Waals surface area contributed by atoms with Gasteiger partial charge in [-0.1, -0.05) is 272 Å². The Morgan fingerprint density at radius 1 is 0.400 bits per heavy atom. The fourth-order valence-corrected chi connectivity index (χ4v) is 10.00. The van der Waals surface area contributed by atoms with Crippen LogP contribution >= 0.6 is 0 Å². The summed E-state index contributed by atoms with van der Waals surface area (Å²) in [6, 6.07) is 0. The standard InChI is InChI=1S/C73H122O12/c1-4-7-10-13-16-19-22-25-28-31-33-36-38-41-44-47-50-53-56-59-65(74)81-62-64(83-66(75)60-57-54-51-48-45-42-39-35-30-27-24-21-18-15-12-9-6-3)63-82-73-71(69(78)68(77)70(85-73)72(79)80)84-67(76)61-58-55-52-49-46-43-40-37-34-32-29-26-23-20-17-14-11-8-5-2/h8-9,11-12,17-18,20-21,26-27,29-30,34,37,43,46,64,68-71,73,77-78H,4-7,10,13-16,19,22-25,28,31-33,35-36,38-42,44-45,47-63H2,1-3H3,(H,79,80)/b11-8-,12-9-,20-17-,21-18-,29-26-,30-27-,37-34-,46-43-. The van der Waals surface area contributed by atoms with Gasteiger partial charge in [0.05, 0.1) is 6.61 Å². The number of aliphatic carboxylic acids is 1. The van der Waals surface area contributed by atoms with Crippen LogP contribution in [0.15, 0.2) is 97.2 Å². The number of unbranched alkanes of at least 4 members (excludes halogenated alkanes) is 28. The Morgan fingerprint density at radius 2 is 0.741 bits per heavy atom. The first-order valence-electron chi connectivity index (χ1n) is 34.2. The van der Waals surface area contributed by atoms with Gasteiger partial charge in [0.15, 0.2) is 24.6 Å². The van der Waals surface area contributed by atoms with Crippen LogP contribution in [0.4, 0.5) is 0 Å². The Bertz CT molecular complexity index is 1840. The van der Waals surface area contributed by atoms with Crippen LogP contribution in [-0.4, -0.2) is 89.2 Å². The molecule has 0 aromatic carbocycles. The lowest BCUT2D eigenvalue weighted by Gasteiger charge is -2.40. The van der Waals surface area contributed by atoms with Gasteiger partial charge >= 0.3 is 23.9 Å². The maximum Gasteiger partial charge on any atom is 0.335 e. The van der Waals surface area contributed by atoms with Crippen molar-refractivity contribution < 1.29 is 58.2 Å². The normalized spacial score (nSPS) is 18.1. The van der Waals surface area contributed by atoms with E-state index in [0.717, 1.165) is 135 Å². The molecule has 1 aliphatic heterocycles. The minimum Gasteiger partial charge on any atom is -0.479 e. The van der Waals surface area contributed by atoms with Crippen molar-refractivity contribution in [2.75, 3.05) is 13.2 Å². The number of hydrogen-bond acceptors (Lipinski definition) is 11. The van der Waals surface area contributed by atoms with Crippen molar-refractivity contribution in [3.8, 4) is 0 Å². The zero-order valence-electron chi connectivity index (χ0n) is 53.8. The SMILES string of the molecule is CC/C=C\C/C=C\C/C=C\C/C=C\C/C=C\CCCCCC(=O)OC1C(OCC(COC(=O)CCCCCCCCCCCCCCCCCCCCC)OC(=O)CCCCCCCCC/C=C\C/C=C\C/C=C\CC)OC(C(=O)O)C(O)C1O. The van der Waals surface area contributed by atoms with Gasteiger partial charge in [-0.3, -0.25) is 14.4 Å². The molecule has 12 nitrogen and oxygen atoms in total. The molecule has 0 aromatic heterocycles. The summed E-state index contributed by atoms with van der Waals surface area (Å²) >= 11 is 0. The van der Waals surface area contributed by atoms with Crippen molar-refractivity contribution in [1.82, 2.24) is 0 Å². The highest BCUT2D eigenvalue weighted by molar-refractivity contribution is 5.74. The second-order valence-corrected chi connectivity index (χ2v) is 23.1. The quantitative estimate of drug-likeness (QED) is 0.0228. The Morgan fingerprint density at radius 3 is 1.14 bits per heavy atom. The number of esters is 3. The van der Waals surface area contributed by atoms with Crippen LogP contribution in [0, 0.1) is 0 Å². The number of carbonyl (C=O) groups excluding carboxylic acids is 3. The van der Waals surface area contributed by atoms with E-state index in [4.69, 9.17) is 23.7 Å². The highest BCUT2D eigenvalue weighted by Gasteiger charge is 2.50. The molecule has 12 heteroatoms. The minimum absolute atomic E-state index is 0.0174. The molecule has 0 amide bonds. The second kappa shape index (κ2) is 59.9. The molecule has 1 aliphatic rings. The monoisotopic (exact) mass is 1190 g/mol. The van der Waals surface area contributed by atoms with Crippen LogP contribution in [0.25, 0.3) is 0 Å². The van der Waals surface area contributed by atoms with Gasteiger partial charge in [-0.15, -0.1) is 0 Å². The average molecular weight is 1190 g/mol. The van der Waals surface area contributed by atoms with Gasteiger partial charge in [-0.05, 0) is 96.3 Å². The lowest BCUT2D eigenvalue weighted by molar-refractivity contribution is -0.301. The van der Waals surface area contributed by atoms with E-state index in [2.05, 4.69) is 118 Å². The van der Waals surface area contributed by atoms with Gasteiger partial charge < -0.3 is 39.0 Å². The summed E-state index contributed by atoms with van der Waals surface area (Å²) in [7, 11) is 0. The molecule has 1 heterocycles. The molecule has 0 spiro atoms. The Balaban J connectivity index is 2.66. The first-order chi connectivity index (χ1) is 41.6. The summed E-state index contributed by atoms with van der Waals surface area (Å²) in [5.74, 6) is -3.16. The molecule has 0 aliphatic carbocycles. The largest absolute Gasteiger partial charge is 0.479 e. The number of rotatable bonds is 58.